The minimum atomic E-state index is -0.174. The second-order valence-electron chi connectivity index (χ2n) is 4.60. The van der Waals surface area contributed by atoms with Crippen molar-refractivity contribution < 1.29 is 9.53 Å². The Balaban J connectivity index is 4.21. The topological polar surface area (TPSA) is 41.6 Å². The molecule has 0 fully saturated rings. The monoisotopic (exact) mass is 258 g/mol. The molecule has 0 aromatic carbocycles. The molecule has 0 aromatic rings. The molecule has 1 N–H and O–H groups in total. The molecule has 18 heavy (non-hydrogen) atoms. The molecule has 4 nitrogen and oxygen atoms in total. The van der Waals surface area contributed by atoms with Gasteiger partial charge in [0.1, 0.15) is 6.04 Å². The summed E-state index contributed by atoms with van der Waals surface area (Å²) in [5, 5.41) is 3.20. The average molecular weight is 258 g/mol. The molecule has 0 saturated carbocycles. The van der Waals surface area contributed by atoms with Gasteiger partial charge in [-0.2, -0.15) is 0 Å². The molecule has 108 valence electrons. The Hall–Kier alpha value is -0.610. The van der Waals surface area contributed by atoms with Crippen molar-refractivity contribution in [3.8, 4) is 0 Å². The summed E-state index contributed by atoms with van der Waals surface area (Å²) in [6, 6.07) is 0.432. The summed E-state index contributed by atoms with van der Waals surface area (Å²) in [7, 11) is 2.13. The van der Waals surface area contributed by atoms with E-state index in [0.717, 1.165) is 32.4 Å². The van der Waals surface area contributed by atoms with Gasteiger partial charge in [0, 0.05) is 12.6 Å². The Morgan fingerprint density at radius 1 is 1.22 bits per heavy atom. The molecule has 0 radical (unpaired) electrons. The van der Waals surface area contributed by atoms with Crippen LogP contribution in [0, 0.1) is 0 Å². The van der Waals surface area contributed by atoms with E-state index in [1.165, 1.54) is 0 Å². The summed E-state index contributed by atoms with van der Waals surface area (Å²) >= 11 is 0. The van der Waals surface area contributed by atoms with Crippen LogP contribution < -0.4 is 5.32 Å². The van der Waals surface area contributed by atoms with E-state index in [4.69, 9.17) is 4.74 Å². The third-order valence-electron chi connectivity index (χ3n) is 3.36. The van der Waals surface area contributed by atoms with Gasteiger partial charge >= 0.3 is 5.97 Å². The fourth-order valence-electron chi connectivity index (χ4n) is 2.22. The lowest BCUT2D eigenvalue weighted by molar-refractivity contribution is -0.145. The molecule has 1 atom stereocenters. The average Bonchev–Trinajstić information content (AvgIpc) is 2.36. The van der Waals surface area contributed by atoms with Crippen LogP contribution in [0.3, 0.4) is 0 Å². The maximum atomic E-state index is 11.8. The Labute approximate surface area is 112 Å². The molecule has 0 bridgehead atoms. The van der Waals surface area contributed by atoms with E-state index < -0.39 is 0 Å². The lowest BCUT2D eigenvalue weighted by atomic mass is 10.1. The number of nitrogens with zero attached hydrogens (tertiary/aromatic N) is 1. The number of carbonyl (C=O) groups is 1. The normalized spacial score (nSPS) is 13.1. The van der Waals surface area contributed by atoms with Crippen LogP contribution in [0.15, 0.2) is 0 Å². The number of ether oxygens (including phenoxy) is 1. The lowest BCUT2D eigenvalue weighted by Crippen LogP contribution is -2.42. The van der Waals surface area contributed by atoms with Crippen LogP contribution in [0.1, 0.15) is 47.0 Å². The minimum Gasteiger partial charge on any atom is -0.465 e. The van der Waals surface area contributed by atoms with E-state index in [9.17, 15) is 4.79 Å². The van der Waals surface area contributed by atoms with Crippen LogP contribution in [-0.4, -0.2) is 49.7 Å². The van der Waals surface area contributed by atoms with Crippen molar-refractivity contribution in [2.24, 2.45) is 0 Å². The Bertz CT molecular complexity index is 218. The molecule has 0 heterocycles. The van der Waals surface area contributed by atoms with Gasteiger partial charge in [-0.25, -0.2) is 0 Å². The smallest absolute Gasteiger partial charge is 0.323 e. The van der Waals surface area contributed by atoms with Crippen LogP contribution in [0.4, 0.5) is 0 Å². The zero-order chi connectivity index (χ0) is 14.0. The third kappa shape index (κ3) is 6.36. The number of esters is 1. The van der Waals surface area contributed by atoms with E-state index in [2.05, 4.69) is 31.1 Å². The van der Waals surface area contributed by atoms with Gasteiger partial charge in [-0.15, -0.1) is 0 Å². The molecule has 0 aliphatic rings. The summed E-state index contributed by atoms with van der Waals surface area (Å²) in [5.41, 5.74) is 0. The Kier molecular flexibility index (Phi) is 9.98. The van der Waals surface area contributed by atoms with E-state index in [1.807, 2.05) is 13.8 Å². The van der Waals surface area contributed by atoms with Crippen LogP contribution in [0.2, 0.25) is 0 Å². The predicted molar refractivity (Wildman–Crippen MR) is 75.7 cm³/mol. The number of carbonyl (C=O) groups excluding carboxylic acids is 1. The van der Waals surface area contributed by atoms with Crippen molar-refractivity contribution in [1.29, 1.82) is 0 Å². The largest absolute Gasteiger partial charge is 0.465 e. The molecule has 0 aliphatic carbocycles. The Morgan fingerprint density at radius 3 is 2.28 bits per heavy atom. The first kappa shape index (κ1) is 17.4. The van der Waals surface area contributed by atoms with Gasteiger partial charge in [-0.3, -0.25) is 4.79 Å². The molecular formula is C14H30N2O2. The van der Waals surface area contributed by atoms with E-state index in [-0.39, 0.29) is 12.0 Å². The highest BCUT2D eigenvalue weighted by Gasteiger charge is 2.20. The maximum Gasteiger partial charge on any atom is 0.323 e. The molecule has 0 aromatic heterocycles. The SMILES string of the molecule is CCNC(CCN(C)C(CC)CC)C(=O)OCC. The molecule has 0 spiro atoms. The minimum absolute atomic E-state index is 0.128. The standard InChI is InChI=1S/C14H30N2O2/c1-6-12(7-2)16(5)11-10-13(15-8-3)14(17)18-9-4/h12-13,15H,6-11H2,1-5H3. The number of rotatable bonds is 10. The van der Waals surface area contributed by atoms with Crippen molar-refractivity contribution in [1.82, 2.24) is 10.2 Å². The van der Waals surface area contributed by atoms with E-state index in [1.54, 1.807) is 0 Å². The molecule has 0 rings (SSSR count). The highest BCUT2D eigenvalue weighted by molar-refractivity contribution is 5.75. The van der Waals surface area contributed by atoms with Gasteiger partial charge in [0.15, 0.2) is 0 Å². The summed E-state index contributed by atoms with van der Waals surface area (Å²) in [6.45, 7) is 10.4. The molecule has 4 heteroatoms. The second-order valence-corrected chi connectivity index (χ2v) is 4.60. The molecular weight excluding hydrogens is 228 g/mol. The highest BCUT2D eigenvalue weighted by atomic mass is 16.5. The summed E-state index contributed by atoms with van der Waals surface area (Å²) < 4.78 is 5.08. The molecule has 1 unspecified atom stereocenters. The first-order chi connectivity index (χ1) is 8.60. The zero-order valence-electron chi connectivity index (χ0n) is 12.7. The van der Waals surface area contributed by atoms with Gasteiger partial charge in [-0.1, -0.05) is 20.8 Å². The fraction of sp³-hybridized carbons (Fsp3) is 0.929. The summed E-state index contributed by atoms with van der Waals surface area (Å²) in [5.74, 6) is -0.128. The van der Waals surface area contributed by atoms with E-state index >= 15 is 0 Å². The van der Waals surface area contributed by atoms with Gasteiger partial charge in [0.05, 0.1) is 6.61 Å². The number of hydrogen-bond donors (Lipinski definition) is 1. The first-order valence-electron chi connectivity index (χ1n) is 7.20. The van der Waals surface area contributed by atoms with Crippen molar-refractivity contribution in [3.05, 3.63) is 0 Å². The van der Waals surface area contributed by atoms with Gasteiger partial charge in [0.2, 0.25) is 0 Å². The van der Waals surface area contributed by atoms with Crippen molar-refractivity contribution in [3.63, 3.8) is 0 Å². The van der Waals surface area contributed by atoms with Crippen molar-refractivity contribution in [2.45, 2.75) is 59.0 Å². The van der Waals surface area contributed by atoms with Crippen molar-refractivity contribution >= 4 is 5.97 Å². The van der Waals surface area contributed by atoms with Crippen LogP contribution >= 0.6 is 0 Å². The number of nitrogens with one attached hydrogen (secondary N) is 1. The number of likely N-dealkylation sites (N-methyl/N-ethyl adjacent to an activating group) is 1. The summed E-state index contributed by atoms with van der Waals surface area (Å²) in [6.07, 6.45) is 3.11. The van der Waals surface area contributed by atoms with Crippen molar-refractivity contribution in [2.75, 3.05) is 26.7 Å². The molecule has 0 saturated heterocycles. The quantitative estimate of drug-likeness (QED) is 0.609. The van der Waals surface area contributed by atoms with Gasteiger partial charge < -0.3 is 15.0 Å². The predicted octanol–water partition coefficient (Wildman–Crippen LogP) is 2.04. The van der Waals surface area contributed by atoms with E-state index in [0.29, 0.717) is 12.6 Å². The maximum absolute atomic E-state index is 11.8. The number of hydrogen-bond acceptors (Lipinski definition) is 4. The summed E-state index contributed by atoms with van der Waals surface area (Å²) in [4.78, 5) is 14.1. The zero-order valence-corrected chi connectivity index (χ0v) is 12.7. The van der Waals surface area contributed by atoms with Crippen LogP contribution in [0.5, 0.6) is 0 Å². The highest BCUT2D eigenvalue weighted by Crippen LogP contribution is 2.08. The Morgan fingerprint density at radius 2 is 1.83 bits per heavy atom. The molecule has 0 aliphatic heterocycles. The van der Waals surface area contributed by atoms with Gasteiger partial charge in [0.25, 0.3) is 0 Å². The second kappa shape index (κ2) is 10.3. The fourth-order valence-corrected chi connectivity index (χ4v) is 2.22. The van der Waals surface area contributed by atoms with Gasteiger partial charge in [-0.05, 0) is 39.8 Å². The third-order valence-corrected chi connectivity index (χ3v) is 3.36. The molecule has 0 amide bonds. The lowest BCUT2D eigenvalue weighted by Gasteiger charge is -2.27. The van der Waals surface area contributed by atoms with Crippen LogP contribution in [-0.2, 0) is 9.53 Å². The van der Waals surface area contributed by atoms with Crippen LogP contribution in [0.25, 0.3) is 0 Å². The first-order valence-corrected chi connectivity index (χ1v) is 7.20.